The third kappa shape index (κ3) is 4.23. The van der Waals surface area contributed by atoms with Gasteiger partial charge in [0.05, 0.1) is 12.2 Å². The molecule has 0 spiro atoms. The molecule has 2 aliphatic rings. The number of rotatable bonds is 6. The zero-order valence-electron chi connectivity index (χ0n) is 11.5. The largest absolute Gasteiger partial charge is 0.372 e. The molecule has 1 heterocycles. The molecule has 2 unspecified atom stereocenters. The molecule has 2 rings (SSSR count). The third-order valence-electron chi connectivity index (χ3n) is 4.19. The Bertz CT molecular complexity index is 216. The number of hydrogen-bond donors (Lipinski definition) is 1. The second kappa shape index (κ2) is 6.72. The lowest BCUT2D eigenvalue weighted by atomic mass is 10.1. The summed E-state index contributed by atoms with van der Waals surface area (Å²) in [6, 6.07) is 0. The van der Waals surface area contributed by atoms with Crippen LogP contribution in [0.15, 0.2) is 0 Å². The fourth-order valence-electron chi connectivity index (χ4n) is 3.35. The lowest BCUT2D eigenvalue weighted by molar-refractivity contribution is 0.0266. The summed E-state index contributed by atoms with van der Waals surface area (Å²) >= 11 is 0. The topological polar surface area (TPSA) is 24.5 Å². The summed E-state index contributed by atoms with van der Waals surface area (Å²) in [5.41, 5.74) is 0. The van der Waals surface area contributed by atoms with E-state index in [9.17, 15) is 0 Å². The van der Waals surface area contributed by atoms with Crippen molar-refractivity contribution >= 4 is 0 Å². The normalized spacial score (nSPS) is 30.5. The fraction of sp³-hybridized carbons (Fsp3) is 1.00. The van der Waals surface area contributed by atoms with Crippen molar-refractivity contribution in [2.24, 2.45) is 5.92 Å². The highest BCUT2D eigenvalue weighted by Crippen LogP contribution is 2.26. The van der Waals surface area contributed by atoms with Gasteiger partial charge in [0.25, 0.3) is 0 Å². The van der Waals surface area contributed by atoms with Crippen LogP contribution in [0.1, 0.15) is 38.5 Å². The van der Waals surface area contributed by atoms with Crippen molar-refractivity contribution in [1.29, 1.82) is 0 Å². The summed E-state index contributed by atoms with van der Waals surface area (Å²) in [4.78, 5) is 2.49. The summed E-state index contributed by atoms with van der Waals surface area (Å²) in [6.07, 6.45) is 9.16. The summed E-state index contributed by atoms with van der Waals surface area (Å²) in [7, 11) is 4.26. The van der Waals surface area contributed by atoms with Gasteiger partial charge < -0.3 is 15.0 Å². The Morgan fingerprint density at radius 2 is 1.76 bits per heavy atom. The van der Waals surface area contributed by atoms with Gasteiger partial charge in [-0.05, 0) is 45.7 Å². The highest BCUT2D eigenvalue weighted by molar-refractivity contribution is 4.78. The Morgan fingerprint density at radius 3 is 2.47 bits per heavy atom. The molecule has 0 bridgehead atoms. The maximum absolute atomic E-state index is 6.03. The number of nitrogens with zero attached hydrogens (tertiary/aromatic N) is 1. The van der Waals surface area contributed by atoms with Gasteiger partial charge in [-0.2, -0.15) is 0 Å². The first-order valence-corrected chi connectivity index (χ1v) is 7.26. The minimum absolute atomic E-state index is 0.449. The van der Waals surface area contributed by atoms with Crippen LogP contribution in [0.3, 0.4) is 0 Å². The van der Waals surface area contributed by atoms with Crippen LogP contribution >= 0.6 is 0 Å². The molecular weight excluding hydrogens is 212 g/mol. The smallest absolute Gasteiger partial charge is 0.0707 e. The summed E-state index contributed by atoms with van der Waals surface area (Å²) in [6.45, 7) is 3.40. The van der Waals surface area contributed by atoms with E-state index in [1.54, 1.807) is 0 Å². The Kier molecular flexibility index (Phi) is 5.26. The molecule has 1 saturated heterocycles. The van der Waals surface area contributed by atoms with E-state index in [4.69, 9.17) is 4.74 Å². The van der Waals surface area contributed by atoms with E-state index < -0.39 is 0 Å². The van der Waals surface area contributed by atoms with Crippen molar-refractivity contribution in [3.05, 3.63) is 0 Å². The van der Waals surface area contributed by atoms with Crippen molar-refractivity contribution in [3.63, 3.8) is 0 Å². The van der Waals surface area contributed by atoms with Gasteiger partial charge in [-0.25, -0.2) is 0 Å². The van der Waals surface area contributed by atoms with Gasteiger partial charge in [0.2, 0.25) is 0 Å². The molecule has 1 saturated carbocycles. The van der Waals surface area contributed by atoms with Crippen molar-refractivity contribution in [1.82, 2.24) is 10.2 Å². The highest BCUT2D eigenvalue weighted by atomic mass is 16.5. The Hall–Kier alpha value is -0.120. The predicted molar refractivity (Wildman–Crippen MR) is 71.3 cm³/mol. The minimum Gasteiger partial charge on any atom is -0.372 e. The first-order chi connectivity index (χ1) is 8.28. The summed E-state index contributed by atoms with van der Waals surface area (Å²) in [5.74, 6) is 0.953. The maximum Gasteiger partial charge on any atom is 0.0707 e. The van der Waals surface area contributed by atoms with Gasteiger partial charge in [-0.1, -0.05) is 12.8 Å². The Labute approximate surface area is 106 Å². The van der Waals surface area contributed by atoms with Crippen LogP contribution in [0.25, 0.3) is 0 Å². The molecule has 2 atom stereocenters. The van der Waals surface area contributed by atoms with Crippen molar-refractivity contribution < 1.29 is 4.74 Å². The molecule has 1 aliphatic heterocycles. The lowest BCUT2D eigenvalue weighted by Gasteiger charge is -2.24. The second-order valence-electron chi connectivity index (χ2n) is 5.89. The average molecular weight is 240 g/mol. The minimum atomic E-state index is 0.449. The van der Waals surface area contributed by atoms with Gasteiger partial charge in [0.1, 0.15) is 0 Å². The molecule has 0 aromatic heterocycles. The number of nitrogens with one attached hydrogen (secondary N) is 1. The van der Waals surface area contributed by atoms with E-state index in [1.807, 2.05) is 7.05 Å². The molecule has 0 aromatic rings. The van der Waals surface area contributed by atoms with Crippen molar-refractivity contribution in [2.75, 3.05) is 33.7 Å². The Balaban J connectivity index is 1.63. The van der Waals surface area contributed by atoms with E-state index in [0.717, 1.165) is 19.0 Å². The van der Waals surface area contributed by atoms with Gasteiger partial charge in [0, 0.05) is 19.6 Å². The molecule has 0 amide bonds. The van der Waals surface area contributed by atoms with E-state index in [1.165, 1.54) is 45.1 Å². The van der Waals surface area contributed by atoms with E-state index in [0.29, 0.717) is 12.2 Å². The van der Waals surface area contributed by atoms with E-state index in [2.05, 4.69) is 17.3 Å². The van der Waals surface area contributed by atoms with Crippen LogP contribution in [0.5, 0.6) is 0 Å². The molecular formula is C14H28N2O. The van der Waals surface area contributed by atoms with E-state index >= 15 is 0 Å². The lowest BCUT2D eigenvalue weighted by Crippen LogP contribution is -2.33. The molecule has 3 heteroatoms. The predicted octanol–water partition coefficient (Wildman–Crippen LogP) is 1.88. The Morgan fingerprint density at radius 1 is 1.06 bits per heavy atom. The molecule has 0 radical (unpaired) electrons. The van der Waals surface area contributed by atoms with Gasteiger partial charge in [-0.15, -0.1) is 0 Å². The fourth-order valence-corrected chi connectivity index (χ4v) is 3.35. The zero-order chi connectivity index (χ0) is 12.1. The highest BCUT2D eigenvalue weighted by Gasteiger charge is 2.26. The second-order valence-corrected chi connectivity index (χ2v) is 5.89. The number of likely N-dealkylation sites (N-methyl/N-ethyl adjacent to an activating group) is 2. The summed E-state index contributed by atoms with van der Waals surface area (Å²) in [5, 5.41) is 3.20. The molecule has 17 heavy (non-hydrogen) atoms. The molecule has 2 fully saturated rings. The van der Waals surface area contributed by atoms with Gasteiger partial charge in [0.15, 0.2) is 0 Å². The summed E-state index contributed by atoms with van der Waals surface area (Å²) < 4.78 is 6.03. The first-order valence-electron chi connectivity index (χ1n) is 7.26. The van der Waals surface area contributed by atoms with Crippen LogP contribution < -0.4 is 5.32 Å². The monoisotopic (exact) mass is 240 g/mol. The molecule has 3 nitrogen and oxygen atoms in total. The third-order valence-corrected chi connectivity index (χ3v) is 4.19. The SMILES string of the molecule is CNCC1CCC(CN(C)CC2CCCC2)O1. The van der Waals surface area contributed by atoms with Gasteiger partial charge >= 0.3 is 0 Å². The first kappa shape index (κ1) is 13.3. The quantitative estimate of drug-likeness (QED) is 0.767. The van der Waals surface area contributed by atoms with E-state index in [-0.39, 0.29) is 0 Å². The average Bonchev–Trinajstić information content (AvgIpc) is 2.91. The van der Waals surface area contributed by atoms with Crippen molar-refractivity contribution in [2.45, 2.75) is 50.7 Å². The molecule has 1 aliphatic carbocycles. The van der Waals surface area contributed by atoms with Crippen LogP contribution in [0.2, 0.25) is 0 Å². The van der Waals surface area contributed by atoms with Crippen LogP contribution in [-0.4, -0.2) is 50.8 Å². The molecule has 0 aromatic carbocycles. The zero-order valence-corrected chi connectivity index (χ0v) is 11.5. The molecule has 1 N–H and O–H groups in total. The van der Waals surface area contributed by atoms with Crippen LogP contribution in [0.4, 0.5) is 0 Å². The molecule has 100 valence electrons. The number of hydrogen-bond acceptors (Lipinski definition) is 3. The van der Waals surface area contributed by atoms with Crippen molar-refractivity contribution in [3.8, 4) is 0 Å². The standard InChI is InChI=1S/C14H28N2O/c1-15-9-13-7-8-14(17-13)11-16(2)10-12-5-3-4-6-12/h12-15H,3-11H2,1-2H3. The number of ether oxygens (including phenoxy) is 1. The van der Waals surface area contributed by atoms with Crippen LogP contribution in [0, 0.1) is 5.92 Å². The van der Waals surface area contributed by atoms with Gasteiger partial charge in [-0.3, -0.25) is 0 Å². The maximum atomic E-state index is 6.03. The van der Waals surface area contributed by atoms with Crippen LogP contribution in [-0.2, 0) is 4.74 Å².